The quantitative estimate of drug-likeness (QED) is 0.444. The van der Waals surface area contributed by atoms with Gasteiger partial charge >= 0.3 is 0 Å². The number of methoxy groups -OCH3 is 1. The van der Waals surface area contributed by atoms with E-state index in [-0.39, 0.29) is 26.6 Å². The Morgan fingerprint density at radius 3 is 2.44 bits per heavy atom. The number of hydrogen-bond donors (Lipinski definition) is 2. The van der Waals surface area contributed by atoms with Gasteiger partial charge in [-0.2, -0.15) is 0 Å². The molecular weight excluding hydrogens is 472 g/mol. The molecule has 1 aliphatic rings. The number of sulfone groups is 1. The Hall–Kier alpha value is -0.560. The van der Waals surface area contributed by atoms with Crippen LogP contribution in [0, 0.1) is 0 Å². The van der Waals surface area contributed by atoms with E-state index in [1.807, 2.05) is 34.6 Å². The average molecular weight is 511 g/mol. The van der Waals surface area contributed by atoms with E-state index in [1.54, 1.807) is 14.0 Å². The molecule has 11 heteroatoms. The molecule has 2 rings (SSSR count). The lowest BCUT2D eigenvalue weighted by molar-refractivity contribution is -0.0603. The summed E-state index contributed by atoms with van der Waals surface area (Å²) in [7, 11) is -5.69. The zero-order valence-electron chi connectivity index (χ0n) is 20.1. The number of nitrogens with one attached hydrogen (secondary N) is 2. The third-order valence-electron chi connectivity index (χ3n) is 5.92. The van der Waals surface area contributed by atoms with Crippen molar-refractivity contribution in [3.63, 3.8) is 0 Å². The van der Waals surface area contributed by atoms with Crippen molar-refractivity contribution in [3.05, 3.63) is 11.6 Å². The lowest BCUT2D eigenvalue weighted by atomic mass is 10.0. The molecule has 2 atom stereocenters. The molecule has 0 radical (unpaired) electrons. The Kier molecular flexibility index (Phi) is 8.97. The molecule has 186 valence electrons. The average Bonchev–Trinajstić information content (AvgIpc) is 3.13. The van der Waals surface area contributed by atoms with Crippen LogP contribution in [-0.4, -0.2) is 60.1 Å². The van der Waals surface area contributed by atoms with Gasteiger partial charge in [0.2, 0.25) is 10.0 Å². The molecular formula is C21H38N2O6S3. The van der Waals surface area contributed by atoms with E-state index in [9.17, 15) is 16.8 Å². The SMILES string of the molecule is CCNC1C[C@H](C)S(=O)(=O)c2sc(S(=O)(=O)NCCC(C)(C)OCCC(C)(C)OC)cc21. The summed E-state index contributed by atoms with van der Waals surface area (Å²) in [6.07, 6.45) is 1.62. The third-order valence-corrected chi connectivity index (χ3v) is 11.7. The fourth-order valence-electron chi connectivity index (χ4n) is 3.48. The van der Waals surface area contributed by atoms with Crippen LogP contribution in [-0.2, 0) is 29.3 Å². The maximum atomic E-state index is 12.9. The minimum Gasteiger partial charge on any atom is -0.379 e. The van der Waals surface area contributed by atoms with E-state index in [0.29, 0.717) is 31.6 Å². The fraction of sp³-hybridized carbons (Fsp3) is 0.810. The van der Waals surface area contributed by atoms with E-state index >= 15 is 0 Å². The number of ether oxygens (including phenoxy) is 2. The molecule has 0 saturated heterocycles. The predicted octanol–water partition coefficient (Wildman–Crippen LogP) is 3.24. The molecule has 2 heterocycles. The minimum absolute atomic E-state index is 0.0312. The molecule has 1 aromatic rings. The maximum Gasteiger partial charge on any atom is 0.250 e. The lowest BCUT2D eigenvalue weighted by Crippen LogP contribution is -2.34. The van der Waals surface area contributed by atoms with Gasteiger partial charge in [0.05, 0.1) is 23.1 Å². The lowest BCUT2D eigenvalue weighted by Gasteiger charge is -2.29. The van der Waals surface area contributed by atoms with Crippen LogP contribution in [0.3, 0.4) is 0 Å². The molecule has 0 aromatic carbocycles. The number of hydrogen-bond acceptors (Lipinski definition) is 8. The summed E-state index contributed by atoms with van der Waals surface area (Å²) in [6, 6.07) is 1.34. The van der Waals surface area contributed by atoms with Gasteiger partial charge in [-0.3, -0.25) is 0 Å². The van der Waals surface area contributed by atoms with E-state index in [4.69, 9.17) is 9.47 Å². The first-order valence-electron chi connectivity index (χ1n) is 10.9. The van der Waals surface area contributed by atoms with Gasteiger partial charge in [-0.15, -0.1) is 11.3 Å². The highest BCUT2D eigenvalue weighted by molar-refractivity contribution is 7.95. The van der Waals surface area contributed by atoms with Crippen LogP contribution in [0.4, 0.5) is 0 Å². The summed E-state index contributed by atoms with van der Waals surface area (Å²) >= 11 is 0.836. The number of rotatable bonds is 12. The van der Waals surface area contributed by atoms with Crippen molar-refractivity contribution in [2.75, 3.05) is 26.8 Å². The summed E-state index contributed by atoms with van der Waals surface area (Å²) in [5.74, 6) is 0. The predicted molar refractivity (Wildman–Crippen MR) is 128 cm³/mol. The summed E-state index contributed by atoms with van der Waals surface area (Å²) in [4.78, 5) is 0. The van der Waals surface area contributed by atoms with Gasteiger partial charge in [0.15, 0.2) is 9.84 Å². The van der Waals surface area contributed by atoms with Crippen LogP contribution in [0.25, 0.3) is 0 Å². The molecule has 0 aliphatic carbocycles. The molecule has 0 amide bonds. The number of sulfonamides is 1. The van der Waals surface area contributed by atoms with Crippen molar-refractivity contribution in [2.45, 2.75) is 91.7 Å². The highest BCUT2D eigenvalue weighted by Gasteiger charge is 2.39. The zero-order valence-corrected chi connectivity index (χ0v) is 22.6. The smallest absolute Gasteiger partial charge is 0.250 e. The minimum atomic E-state index is -3.83. The van der Waals surface area contributed by atoms with Crippen LogP contribution in [0.5, 0.6) is 0 Å². The Morgan fingerprint density at radius 2 is 1.84 bits per heavy atom. The summed E-state index contributed by atoms with van der Waals surface area (Å²) < 4.78 is 65.5. The van der Waals surface area contributed by atoms with Crippen molar-refractivity contribution in [1.82, 2.24) is 10.0 Å². The second-order valence-electron chi connectivity index (χ2n) is 9.48. The van der Waals surface area contributed by atoms with E-state index in [2.05, 4.69) is 10.0 Å². The molecule has 0 fully saturated rings. The Bertz CT molecular complexity index is 983. The largest absolute Gasteiger partial charge is 0.379 e. The van der Waals surface area contributed by atoms with Gasteiger partial charge in [-0.1, -0.05) is 6.92 Å². The van der Waals surface area contributed by atoms with Crippen LogP contribution in [0.15, 0.2) is 14.5 Å². The van der Waals surface area contributed by atoms with Gasteiger partial charge in [0.1, 0.15) is 8.42 Å². The normalized spacial score (nSPS) is 21.5. The number of thiophene rings is 1. The third kappa shape index (κ3) is 6.74. The van der Waals surface area contributed by atoms with Crippen molar-refractivity contribution in [2.24, 2.45) is 0 Å². The summed E-state index contributed by atoms with van der Waals surface area (Å²) in [5, 5.41) is 2.72. The van der Waals surface area contributed by atoms with Gasteiger partial charge < -0.3 is 14.8 Å². The van der Waals surface area contributed by atoms with Crippen LogP contribution in [0.1, 0.15) is 72.4 Å². The highest BCUT2D eigenvalue weighted by Crippen LogP contribution is 2.42. The van der Waals surface area contributed by atoms with Crippen molar-refractivity contribution in [1.29, 1.82) is 0 Å². The second-order valence-corrected chi connectivity index (χ2v) is 15.1. The molecule has 8 nitrogen and oxygen atoms in total. The molecule has 0 spiro atoms. The molecule has 32 heavy (non-hydrogen) atoms. The molecule has 2 N–H and O–H groups in total. The van der Waals surface area contributed by atoms with Crippen LogP contribution >= 0.6 is 11.3 Å². The fourth-order valence-corrected chi connectivity index (χ4v) is 8.55. The highest BCUT2D eigenvalue weighted by atomic mass is 32.3. The Balaban J connectivity index is 2.06. The zero-order chi connectivity index (χ0) is 24.4. The molecule has 0 saturated carbocycles. The van der Waals surface area contributed by atoms with Gasteiger partial charge in [-0.25, -0.2) is 21.6 Å². The van der Waals surface area contributed by atoms with E-state index in [1.165, 1.54) is 6.07 Å². The maximum absolute atomic E-state index is 12.9. The number of fused-ring (bicyclic) bond motifs is 1. The van der Waals surface area contributed by atoms with E-state index < -0.39 is 30.7 Å². The van der Waals surface area contributed by atoms with Crippen molar-refractivity contribution >= 4 is 31.2 Å². The van der Waals surface area contributed by atoms with Gasteiger partial charge in [0.25, 0.3) is 0 Å². The van der Waals surface area contributed by atoms with Gasteiger partial charge in [0, 0.05) is 25.3 Å². The summed E-state index contributed by atoms with van der Waals surface area (Å²) in [5.41, 5.74) is -0.242. The first kappa shape index (κ1) is 27.7. The molecule has 1 aliphatic heterocycles. The standard InChI is InChI=1S/C21H38N2O6S3/c1-8-22-17-13-15(2)31(24,25)19-16(17)14-18(30-19)32(26,27)23-11-9-21(5,6)29-12-10-20(3,4)28-7/h14-15,17,22-23H,8-13H2,1-7H3/t15-,17?/m0/s1. The van der Waals surface area contributed by atoms with Crippen LogP contribution < -0.4 is 10.0 Å². The van der Waals surface area contributed by atoms with Crippen molar-refractivity contribution in [3.8, 4) is 0 Å². The second kappa shape index (κ2) is 10.4. The van der Waals surface area contributed by atoms with Crippen LogP contribution in [0.2, 0.25) is 0 Å². The topological polar surface area (TPSA) is 111 Å². The first-order valence-corrected chi connectivity index (χ1v) is 14.8. The van der Waals surface area contributed by atoms with Gasteiger partial charge in [-0.05, 0) is 66.5 Å². The molecule has 1 aromatic heterocycles. The Labute approximate surface area is 197 Å². The Morgan fingerprint density at radius 1 is 1.19 bits per heavy atom. The van der Waals surface area contributed by atoms with Crippen molar-refractivity contribution < 1.29 is 26.3 Å². The monoisotopic (exact) mass is 510 g/mol. The molecule has 1 unspecified atom stereocenters. The first-order chi connectivity index (χ1) is 14.6. The summed E-state index contributed by atoms with van der Waals surface area (Å²) in [6.45, 7) is 12.8. The van der Waals surface area contributed by atoms with E-state index in [0.717, 1.165) is 17.8 Å². The molecule has 0 bridgehead atoms.